The molecule has 0 spiro atoms. The number of aliphatic hydroxyl groups is 1. The minimum Gasteiger partial charge on any atom is -0.381 e. The average molecular weight is 609 g/mol. The summed E-state index contributed by atoms with van der Waals surface area (Å²) in [5, 5.41) is 16.5. The standard InChI is InChI=1S/C31H27Cl2FN4O4/c1-30(41,20-14-36-37(2)16-20)19-11-26-28(27(34)12-19)31(18-3-5-21(32)6-4-18,42-25-10-9-24(39)13-25)38(29(26)40)17-23-8-7-22(33)15-35-23/h3-8,11-12,14-16,25,41H,9-10,13,17H2,1-2H3/t25-,30?,31+/m0/s1. The molecule has 1 fully saturated rings. The number of Topliss-reactive ketones (excluding diaryl/α,β-unsaturated/α-hetero) is 1. The number of pyridine rings is 1. The maximum atomic E-state index is 16.6. The van der Waals surface area contributed by atoms with Crippen LogP contribution < -0.4 is 0 Å². The van der Waals surface area contributed by atoms with Gasteiger partial charge in [0.05, 0.1) is 40.7 Å². The van der Waals surface area contributed by atoms with Gasteiger partial charge in [0.2, 0.25) is 5.72 Å². The molecule has 1 aliphatic heterocycles. The molecule has 4 aromatic rings. The molecule has 11 heteroatoms. The molecule has 2 aromatic carbocycles. The summed E-state index contributed by atoms with van der Waals surface area (Å²) in [5.41, 5.74) is -1.83. The highest BCUT2D eigenvalue weighted by atomic mass is 35.5. The number of aryl methyl sites for hydroxylation is 1. The van der Waals surface area contributed by atoms with Crippen LogP contribution in [0.15, 0.2) is 67.1 Å². The van der Waals surface area contributed by atoms with Gasteiger partial charge in [-0.15, -0.1) is 0 Å². The summed E-state index contributed by atoms with van der Waals surface area (Å²) in [4.78, 5) is 32.4. The van der Waals surface area contributed by atoms with Crippen molar-refractivity contribution in [3.05, 3.63) is 116 Å². The van der Waals surface area contributed by atoms with Crippen molar-refractivity contribution in [2.24, 2.45) is 7.05 Å². The average Bonchev–Trinajstić information content (AvgIpc) is 3.64. The molecular formula is C31H27Cl2FN4O4. The van der Waals surface area contributed by atoms with Crippen molar-refractivity contribution in [1.29, 1.82) is 0 Å². The maximum Gasteiger partial charge on any atom is 0.257 e. The van der Waals surface area contributed by atoms with Gasteiger partial charge in [-0.1, -0.05) is 35.3 Å². The number of carbonyl (C=O) groups is 2. The molecular weight excluding hydrogens is 582 g/mol. The molecule has 6 rings (SSSR count). The predicted octanol–water partition coefficient (Wildman–Crippen LogP) is 5.51. The van der Waals surface area contributed by atoms with E-state index in [0.29, 0.717) is 39.7 Å². The van der Waals surface area contributed by atoms with Crippen LogP contribution in [0.1, 0.15) is 64.5 Å². The number of amides is 1. The minimum atomic E-state index is -1.75. The fraction of sp³-hybridized carbons (Fsp3) is 0.290. The summed E-state index contributed by atoms with van der Waals surface area (Å²) < 4.78 is 24.9. The second-order valence-corrected chi connectivity index (χ2v) is 11.8. The lowest BCUT2D eigenvalue weighted by atomic mass is 9.85. The van der Waals surface area contributed by atoms with Gasteiger partial charge in [-0.25, -0.2) is 4.39 Å². The molecule has 3 atom stereocenters. The normalized spacial score (nSPS) is 21.6. The summed E-state index contributed by atoms with van der Waals surface area (Å²) in [7, 11) is 1.71. The second-order valence-electron chi connectivity index (χ2n) is 10.9. The van der Waals surface area contributed by atoms with Gasteiger partial charge in [0.1, 0.15) is 17.2 Å². The number of halogens is 3. The van der Waals surface area contributed by atoms with E-state index < -0.39 is 29.2 Å². The van der Waals surface area contributed by atoms with Gasteiger partial charge in [-0.2, -0.15) is 5.10 Å². The number of hydrogen-bond acceptors (Lipinski definition) is 6. The van der Waals surface area contributed by atoms with Crippen LogP contribution in [0.25, 0.3) is 0 Å². The molecule has 8 nitrogen and oxygen atoms in total. The number of benzene rings is 2. The number of rotatable bonds is 7. The Balaban J connectivity index is 1.58. The third-order valence-electron chi connectivity index (χ3n) is 8.00. The Morgan fingerprint density at radius 1 is 1.10 bits per heavy atom. The Hall–Kier alpha value is -3.63. The van der Waals surface area contributed by atoms with Crippen LogP contribution in [0.4, 0.5) is 4.39 Å². The van der Waals surface area contributed by atoms with Gasteiger partial charge >= 0.3 is 0 Å². The summed E-state index contributed by atoms with van der Waals surface area (Å²) in [6.07, 6.45) is 4.92. The highest BCUT2D eigenvalue weighted by molar-refractivity contribution is 6.30. The Morgan fingerprint density at radius 2 is 1.83 bits per heavy atom. The Kier molecular flexibility index (Phi) is 7.17. The summed E-state index contributed by atoms with van der Waals surface area (Å²) >= 11 is 12.3. The fourth-order valence-corrected chi connectivity index (χ4v) is 6.03. The molecule has 0 saturated heterocycles. The number of carbonyl (C=O) groups excluding carboxylic acids is 2. The summed E-state index contributed by atoms with van der Waals surface area (Å²) in [5.74, 6) is -1.24. The van der Waals surface area contributed by atoms with Crippen molar-refractivity contribution in [2.45, 2.75) is 50.2 Å². The summed E-state index contributed by atoms with van der Waals surface area (Å²) in [6, 6.07) is 12.7. The predicted molar refractivity (Wildman–Crippen MR) is 153 cm³/mol. The first-order chi connectivity index (χ1) is 20.0. The molecule has 2 aliphatic rings. The Labute approximate surface area is 251 Å². The molecule has 1 unspecified atom stereocenters. The van der Waals surface area contributed by atoms with E-state index in [1.807, 2.05) is 0 Å². The smallest absolute Gasteiger partial charge is 0.257 e. The van der Waals surface area contributed by atoms with Crippen molar-refractivity contribution in [1.82, 2.24) is 19.7 Å². The van der Waals surface area contributed by atoms with Gasteiger partial charge in [-0.3, -0.25) is 24.2 Å². The van der Waals surface area contributed by atoms with Crippen molar-refractivity contribution in [2.75, 3.05) is 0 Å². The largest absolute Gasteiger partial charge is 0.381 e. The number of ketones is 1. The van der Waals surface area contributed by atoms with Crippen LogP contribution in [0, 0.1) is 5.82 Å². The van der Waals surface area contributed by atoms with Gasteiger partial charge in [0.25, 0.3) is 5.91 Å². The molecule has 216 valence electrons. The van der Waals surface area contributed by atoms with E-state index in [1.165, 1.54) is 41.0 Å². The van der Waals surface area contributed by atoms with Gasteiger partial charge in [-0.05, 0) is 55.3 Å². The van der Waals surface area contributed by atoms with Crippen LogP contribution in [0.5, 0.6) is 0 Å². The lowest BCUT2D eigenvalue weighted by Crippen LogP contribution is -2.48. The van der Waals surface area contributed by atoms with E-state index in [4.69, 9.17) is 27.9 Å². The van der Waals surface area contributed by atoms with Gasteiger partial charge < -0.3 is 9.84 Å². The highest BCUT2D eigenvalue weighted by Crippen LogP contribution is 2.50. The molecule has 1 amide bonds. The van der Waals surface area contributed by atoms with E-state index in [-0.39, 0.29) is 35.4 Å². The zero-order valence-electron chi connectivity index (χ0n) is 22.9. The van der Waals surface area contributed by atoms with E-state index in [1.54, 1.807) is 49.6 Å². The first kappa shape index (κ1) is 28.5. The van der Waals surface area contributed by atoms with E-state index in [2.05, 4.69) is 10.1 Å². The van der Waals surface area contributed by atoms with Crippen LogP contribution in [-0.4, -0.2) is 42.6 Å². The van der Waals surface area contributed by atoms with Crippen molar-refractivity contribution in [3.8, 4) is 0 Å². The first-order valence-electron chi connectivity index (χ1n) is 13.4. The third-order valence-corrected chi connectivity index (χ3v) is 8.47. The molecule has 3 heterocycles. The molecule has 1 saturated carbocycles. The third kappa shape index (κ3) is 4.80. The number of ether oxygens (including phenoxy) is 1. The molecule has 2 aromatic heterocycles. The lowest BCUT2D eigenvalue weighted by molar-refractivity contribution is -0.149. The van der Waals surface area contributed by atoms with Crippen molar-refractivity contribution < 1.29 is 23.8 Å². The minimum absolute atomic E-state index is 0.00567. The van der Waals surface area contributed by atoms with Gasteiger partial charge in [0.15, 0.2) is 0 Å². The number of hydrogen-bond donors (Lipinski definition) is 1. The van der Waals surface area contributed by atoms with Crippen molar-refractivity contribution >= 4 is 34.9 Å². The van der Waals surface area contributed by atoms with Crippen LogP contribution >= 0.6 is 23.2 Å². The van der Waals surface area contributed by atoms with Crippen LogP contribution in [0.2, 0.25) is 10.0 Å². The second kappa shape index (κ2) is 10.6. The molecule has 1 N–H and O–H groups in total. The monoisotopic (exact) mass is 608 g/mol. The van der Waals surface area contributed by atoms with Crippen LogP contribution in [0.3, 0.4) is 0 Å². The molecule has 0 radical (unpaired) electrons. The highest BCUT2D eigenvalue weighted by Gasteiger charge is 2.56. The number of aromatic nitrogens is 3. The van der Waals surface area contributed by atoms with E-state index in [9.17, 15) is 14.7 Å². The fourth-order valence-electron chi connectivity index (χ4n) is 5.80. The Morgan fingerprint density at radius 3 is 2.45 bits per heavy atom. The zero-order chi connectivity index (χ0) is 29.8. The molecule has 1 aliphatic carbocycles. The van der Waals surface area contributed by atoms with E-state index >= 15 is 4.39 Å². The van der Waals surface area contributed by atoms with Crippen molar-refractivity contribution in [3.63, 3.8) is 0 Å². The van der Waals surface area contributed by atoms with Crippen LogP contribution in [-0.2, 0) is 34.4 Å². The first-order valence-corrected chi connectivity index (χ1v) is 14.2. The lowest BCUT2D eigenvalue weighted by Gasteiger charge is -2.41. The number of nitrogens with zero attached hydrogens (tertiary/aromatic N) is 4. The summed E-state index contributed by atoms with van der Waals surface area (Å²) in [6.45, 7) is 1.47. The van der Waals surface area contributed by atoms with E-state index in [0.717, 1.165) is 0 Å². The molecule has 0 bridgehead atoms. The zero-order valence-corrected chi connectivity index (χ0v) is 24.4. The topological polar surface area (TPSA) is 97.5 Å². The number of fused-ring (bicyclic) bond motifs is 1. The molecule has 42 heavy (non-hydrogen) atoms. The quantitative estimate of drug-likeness (QED) is 0.297. The maximum absolute atomic E-state index is 16.6. The Bertz CT molecular complexity index is 1690. The van der Waals surface area contributed by atoms with Gasteiger partial charge in [0, 0.05) is 48.4 Å². The SMILES string of the molecule is Cn1cc(C(C)(O)c2cc(F)c3c(c2)C(=O)N(Cc2ccc(Cl)cn2)[C@@]3(O[C@H]2CCC(=O)C2)c2ccc(Cl)cc2)cn1.